The number of aliphatic hydroxyl groups excluding tert-OH is 1. The summed E-state index contributed by atoms with van der Waals surface area (Å²) in [5, 5.41) is 11.1. The summed E-state index contributed by atoms with van der Waals surface area (Å²) in [6, 6.07) is 0. The average Bonchev–Trinajstić information content (AvgIpc) is 3.09. The molecule has 0 unspecified atom stereocenters. The van der Waals surface area contributed by atoms with Crippen LogP contribution in [-0.2, 0) is 33.4 Å². The Bertz CT molecular complexity index is 985. The Morgan fingerprint density at radius 1 is 1.26 bits per heavy atom. The first-order valence-corrected chi connectivity index (χ1v) is 10.1. The van der Waals surface area contributed by atoms with Crippen LogP contribution in [0, 0.1) is 11.8 Å². The zero-order valence-electron chi connectivity index (χ0n) is 17.6. The van der Waals surface area contributed by atoms with Crippen LogP contribution >= 0.6 is 11.6 Å². The Hall–Kier alpha value is -2.71. The first-order chi connectivity index (χ1) is 14.5. The van der Waals surface area contributed by atoms with Gasteiger partial charge in [0.25, 0.3) is 0 Å². The molecule has 1 aliphatic heterocycles. The highest BCUT2D eigenvalue weighted by Crippen LogP contribution is 2.50. The minimum absolute atomic E-state index is 0.0203. The van der Waals surface area contributed by atoms with Gasteiger partial charge in [0.05, 0.1) is 16.5 Å². The van der Waals surface area contributed by atoms with E-state index in [0.29, 0.717) is 5.57 Å². The third-order valence-electron chi connectivity index (χ3n) is 5.98. The molecule has 2 aliphatic carbocycles. The van der Waals surface area contributed by atoms with E-state index >= 15 is 0 Å². The van der Waals surface area contributed by atoms with E-state index in [-0.39, 0.29) is 33.9 Å². The molecular formula is C22H23ClO8. The fourth-order valence-corrected chi connectivity index (χ4v) is 4.49. The predicted molar refractivity (Wildman–Crippen MR) is 109 cm³/mol. The van der Waals surface area contributed by atoms with E-state index in [4.69, 9.17) is 25.8 Å². The van der Waals surface area contributed by atoms with E-state index in [1.807, 2.05) is 0 Å². The van der Waals surface area contributed by atoms with Crippen LogP contribution in [0.15, 0.2) is 45.6 Å². The van der Waals surface area contributed by atoms with Gasteiger partial charge in [0, 0.05) is 24.0 Å². The van der Waals surface area contributed by atoms with Gasteiger partial charge < -0.3 is 19.3 Å². The van der Waals surface area contributed by atoms with E-state index in [2.05, 4.69) is 6.58 Å². The highest BCUT2D eigenvalue weighted by Gasteiger charge is 2.57. The normalized spacial score (nSPS) is 30.7. The van der Waals surface area contributed by atoms with Gasteiger partial charge in [-0.05, 0) is 31.9 Å². The molecular weight excluding hydrogens is 428 g/mol. The number of esters is 3. The number of Topliss-reactive ketones (excluding diaryl/α,β-unsaturated/α-hetero) is 1. The second kappa shape index (κ2) is 8.43. The fourth-order valence-electron chi connectivity index (χ4n) is 4.27. The molecule has 0 aromatic rings. The minimum atomic E-state index is -1.41. The average molecular weight is 451 g/mol. The van der Waals surface area contributed by atoms with E-state index in [9.17, 15) is 24.3 Å². The lowest BCUT2D eigenvalue weighted by Gasteiger charge is -2.30. The fraction of sp³-hybridized carbons (Fsp3) is 0.455. The van der Waals surface area contributed by atoms with Crippen molar-refractivity contribution in [1.82, 2.24) is 0 Å². The summed E-state index contributed by atoms with van der Waals surface area (Å²) in [4.78, 5) is 48.9. The van der Waals surface area contributed by atoms with Gasteiger partial charge in [0.15, 0.2) is 0 Å². The maximum absolute atomic E-state index is 12.8. The molecule has 1 N–H and O–H groups in total. The minimum Gasteiger partial charge on any atom is -0.461 e. The zero-order chi connectivity index (χ0) is 23.2. The smallest absolute Gasteiger partial charge is 0.337 e. The Kier molecular flexibility index (Phi) is 6.25. The lowest BCUT2D eigenvalue weighted by Crippen LogP contribution is -2.42. The van der Waals surface area contributed by atoms with Crippen molar-refractivity contribution in [2.24, 2.45) is 11.8 Å². The lowest BCUT2D eigenvalue weighted by molar-refractivity contribution is -0.155. The number of hydrogen-bond donors (Lipinski definition) is 1. The van der Waals surface area contributed by atoms with Crippen molar-refractivity contribution in [3.05, 3.63) is 45.6 Å². The van der Waals surface area contributed by atoms with Crippen molar-refractivity contribution in [2.45, 2.75) is 46.0 Å². The predicted octanol–water partition coefficient (Wildman–Crippen LogP) is 1.91. The molecule has 1 heterocycles. The Balaban J connectivity index is 2.02. The van der Waals surface area contributed by atoms with Gasteiger partial charge in [0.2, 0.25) is 5.78 Å². The van der Waals surface area contributed by atoms with Crippen molar-refractivity contribution in [2.75, 3.05) is 6.61 Å². The first-order valence-electron chi connectivity index (χ1n) is 9.70. The largest absolute Gasteiger partial charge is 0.461 e. The third kappa shape index (κ3) is 3.74. The Morgan fingerprint density at radius 2 is 1.90 bits per heavy atom. The molecule has 3 rings (SSSR count). The maximum atomic E-state index is 12.8. The number of fused-ring (bicyclic) bond motifs is 3. The molecule has 1 saturated heterocycles. The van der Waals surface area contributed by atoms with Gasteiger partial charge in [-0.15, -0.1) is 0 Å². The molecule has 8 nitrogen and oxygen atoms in total. The van der Waals surface area contributed by atoms with Crippen LogP contribution in [0.1, 0.15) is 27.7 Å². The third-order valence-corrected chi connectivity index (χ3v) is 6.45. The van der Waals surface area contributed by atoms with Crippen LogP contribution in [-0.4, -0.2) is 53.7 Å². The van der Waals surface area contributed by atoms with Crippen molar-refractivity contribution in [3.63, 3.8) is 0 Å². The Morgan fingerprint density at radius 3 is 2.48 bits per heavy atom. The molecule has 0 aromatic carbocycles. The van der Waals surface area contributed by atoms with Crippen molar-refractivity contribution in [1.29, 1.82) is 0 Å². The van der Waals surface area contributed by atoms with E-state index < -0.39 is 53.8 Å². The monoisotopic (exact) mass is 450 g/mol. The summed E-state index contributed by atoms with van der Waals surface area (Å²) < 4.78 is 16.0. The Labute approximate surface area is 184 Å². The highest BCUT2D eigenvalue weighted by molar-refractivity contribution is 6.47. The van der Waals surface area contributed by atoms with Gasteiger partial charge in [-0.3, -0.25) is 9.59 Å². The number of ketones is 1. The van der Waals surface area contributed by atoms with Crippen LogP contribution in [0.25, 0.3) is 0 Å². The maximum Gasteiger partial charge on any atom is 0.337 e. The summed E-state index contributed by atoms with van der Waals surface area (Å²) in [6.07, 6.45) is -2.15. The number of aliphatic hydroxyl groups is 1. The van der Waals surface area contributed by atoms with Crippen LogP contribution in [0.5, 0.6) is 0 Å². The van der Waals surface area contributed by atoms with Crippen LogP contribution < -0.4 is 0 Å². The van der Waals surface area contributed by atoms with Crippen molar-refractivity contribution < 1.29 is 38.5 Å². The van der Waals surface area contributed by atoms with Gasteiger partial charge in [0.1, 0.15) is 24.9 Å². The van der Waals surface area contributed by atoms with Crippen LogP contribution in [0.4, 0.5) is 0 Å². The first kappa shape index (κ1) is 23.0. The molecule has 9 heteroatoms. The number of allylic oxidation sites excluding steroid dienone is 2. The molecule has 0 bridgehead atoms. The number of ether oxygens (including phenoxy) is 3. The number of carbonyl (C=O) groups is 4. The van der Waals surface area contributed by atoms with E-state index in [1.54, 1.807) is 20.8 Å². The number of hydrogen-bond acceptors (Lipinski definition) is 8. The molecule has 0 saturated carbocycles. The van der Waals surface area contributed by atoms with Gasteiger partial charge in [-0.1, -0.05) is 24.3 Å². The molecule has 3 aliphatic rings. The molecule has 0 radical (unpaired) electrons. The highest BCUT2D eigenvalue weighted by atomic mass is 35.5. The number of rotatable bonds is 4. The second-order valence-corrected chi connectivity index (χ2v) is 8.11. The summed E-state index contributed by atoms with van der Waals surface area (Å²) in [5.41, 5.74) is 1.11. The van der Waals surface area contributed by atoms with Crippen molar-refractivity contribution >= 4 is 35.3 Å². The summed E-state index contributed by atoms with van der Waals surface area (Å²) in [5.74, 6) is -4.13. The molecule has 0 aromatic heterocycles. The van der Waals surface area contributed by atoms with Gasteiger partial charge in [-0.25, -0.2) is 9.59 Å². The van der Waals surface area contributed by atoms with Gasteiger partial charge in [-0.2, -0.15) is 0 Å². The van der Waals surface area contributed by atoms with Gasteiger partial charge >= 0.3 is 17.9 Å². The lowest BCUT2D eigenvalue weighted by atomic mass is 9.82. The summed E-state index contributed by atoms with van der Waals surface area (Å²) in [6.45, 7) is 9.44. The quantitative estimate of drug-likeness (QED) is 0.392. The zero-order valence-corrected chi connectivity index (χ0v) is 18.3. The summed E-state index contributed by atoms with van der Waals surface area (Å²) >= 11 is 6.18. The SMILES string of the molecule is C=C1C(=O)O[C@H]2[C@H]3C(C)=C(Cl)C(=O)C3=C(C)[C@@H](O)[C@@H](OC(=O)/C(=C/C)COC(C)=O)[C@@H]12. The molecule has 0 spiro atoms. The number of halogens is 1. The van der Waals surface area contributed by atoms with E-state index in [0.717, 1.165) is 0 Å². The summed E-state index contributed by atoms with van der Waals surface area (Å²) in [7, 11) is 0. The standard InChI is InChI=1S/C22H23ClO8/c1-6-12(7-29-11(5)24)22(28)31-20-15-10(4)21(27)30-19(15)14-8(2)16(23)18(26)13(14)9(3)17(20)25/h6,14-15,17,19-20,25H,4,7H2,1-3,5H3/b12-6+/t14-,15-,17+,19-,20-/m0/s1. The second-order valence-electron chi connectivity index (χ2n) is 7.73. The van der Waals surface area contributed by atoms with Crippen LogP contribution in [0.3, 0.4) is 0 Å². The molecule has 166 valence electrons. The molecule has 1 fully saturated rings. The molecule has 0 amide bonds. The van der Waals surface area contributed by atoms with Crippen molar-refractivity contribution in [3.8, 4) is 0 Å². The van der Waals surface area contributed by atoms with E-state index in [1.165, 1.54) is 13.0 Å². The molecule has 5 atom stereocenters. The van der Waals surface area contributed by atoms with Crippen LogP contribution in [0.2, 0.25) is 0 Å². The molecule has 31 heavy (non-hydrogen) atoms. The number of carbonyl (C=O) groups excluding carboxylic acids is 4. The topological polar surface area (TPSA) is 116 Å².